The lowest BCUT2D eigenvalue weighted by Gasteiger charge is -2.27. The first-order chi connectivity index (χ1) is 16.7. The first-order valence-corrected chi connectivity index (χ1v) is 13.5. The summed E-state index contributed by atoms with van der Waals surface area (Å²) in [5.74, 6) is -1.42. The summed E-state index contributed by atoms with van der Waals surface area (Å²) in [7, 11) is 1.58. The van der Waals surface area contributed by atoms with Gasteiger partial charge >= 0.3 is 0 Å². The fourth-order valence-electron chi connectivity index (χ4n) is 4.32. The molecule has 0 aromatic heterocycles. The van der Waals surface area contributed by atoms with Crippen molar-refractivity contribution in [3.05, 3.63) is 0 Å². The molecule has 1 fully saturated rings. The quantitative estimate of drug-likeness (QED) is 0.291. The van der Waals surface area contributed by atoms with E-state index < -0.39 is 18.0 Å². The van der Waals surface area contributed by atoms with E-state index in [2.05, 4.69) is 22.9 Å². The molecule has 9 nitrogen and oxygen atoms in total. The topological polar surface area (TPSA) is 134 Å². The first kappa shape index (κ1) is 30.9. The average molecular weight is 496 g/mol. The zero-order chi connectivity index (χ0) is 26.2. The summed E-state index contributed by atoms with van der Waals surface area (Å²) in [5, 5.41) is 8.62. The highest BCUT2D eigenvalue weighted by Crippen LogP contribution is 2.14. The Hall–Kier alpha value is -2.16. The largest absolute Gasteiger partial charge is 0.351 e. The van der Waals surface area contributed by atoms with Crippen LogP contribution in [0.3, 0.4) is 0 Å². The second-order valence-electron chi connectivity index (χ2n) is 10.2. The molecular weight excluding hydrogens is 446 g/mol. The Morgan fingerprint density at radius 1 is 0.857 bits per heavy atom. The molecule has 35 heavy (non-hydrogen) atoms. The summed E-state index contributed by atoms with van der Waals surface area (Å²) in [4.78, 5) is 53.1. The summed E-state index contributed by atoms with van der Waals surface area (Å²) < 4.78 is 0. The molecule has 1 aliphatic rings. The lowest BCUT2D eigenvalue weighted by molar-refractivity contribution is -0.136. The van der Waals surface area contributed by atoms with Gasteiger partial charge in [0.25, 0.3) is 0 Å². The highest BCUT2D eigenvalue weighted by atomic mass is 16.2. The van der Waals surface area contributed by atoms with Gasteiger partial charge in [0.2, 0.25) is 23.6 Å². The molecule has 0 spiro atoms. The Morgan fingerprint density at radius 3 is 2.11 bits per heavy atom. The molecular formula is C26H49N5O4. The maximum Gasteiger partial charge on any atom is 0.243 e. The van der Waals surface area contributed by atoms with Gasteiger partial charge in [-0.05, 0) is 38.1 Å². The lowest BCUT2D eigenvalue weighted by atomic mass is 9.99. The van der Waals surface area contributed by atoms with Crippen molar-refractivity contribution in [2.75, 3.05) is 20.1 Å². The second-order valence-corrected chi connectivity index (χ2v) is 10.2. The van der Waals surface area contributed by atoms with E-state index in [1.54, 1.807) is 7.05 Å². The number of nitrogens with zero attached hydrogens (tertiary/aromatic N) is 1. The highest BCUT2D eigenvalue weighted by Gasteiger charge is 2.31. The molecule has 1 aliphatic heterocycles. The highest BCUT2D eigenvalue weighted by molar-refractivity contribution is 5.94. The number of nitrogens with two attached hydrogens (primary N) is 1. The van der Waals surface area contributed by atoms with Crippen LogP contribution >= 0.6 is 0 Å². The van der Waals surface area contributed by atoms with Crippen molar-refractivity contribution >= 4 is 23.6 Å². The number of hydrogen-bond acceptors (Lipinski definition) is 5. The fraction of sp³-hybridized carbons (Fsp3) is 0.846. The minimum absolute atomic E-state index is 0.129. The van der Waals surface area contributed by atoms with Gasteiger partial charge in [0.05, 0.1) is 6.54 Å². The third kappa shape index (κ3) is 12.4. The van der Waals surface area contributed by atoms with Crippen LogP contribution in [0.5, 0.6) is 0 Å². The Morgan fingerprint density at radius 2 is 1.49 bits per heavy atom. The molecule has 0 aliphatic carbocycles. The standard InChI is InChI=1S/C26H49N5O4/c1-5-6-7-8-9-10-11-14-20-17-23(33)31(4)18-22(32)29-21(15-12-13-16-27)25(34)30-24(19(2)3)26(35)28-20/h19-21,24H,5-18,27H2,1-4H3,(H,28,35)(H,29,32)(H,30,34)/t20-,21+,24+/m1/s1. The smallest absolute Gasteiger partial charge is 0.243 e. The van der Waals surface area contributed by atoms with Crippen molar-refractivity contribution in [3.63, 3.8) is 0 Å². The molecule has 3 atom stereocenters. The third-order valence-electron chi connectivity index (χ3n) is 6.58. The van der Waals surface area contributed by atoms with E-state index in [9.17, 15) is 19.2 Å². The van der Waals surface area contributed by atoms with Gasteiger partial charge in [-0.2, -0.15) is 0 Å². The van der Waals surface area contributed by atoms with Gasteiger partial charge in [-0.1, -0.05) is 65.7 Å². The monoisotopic (exact) mass is 495 g/mol. The number of nitrogens with one attached hydrogen (secondary N) is 3. The van der Waals surface area contributed by atoms with Gasteiger partial charge in [0, 0.05) is 19.5 Å². The van der Waals surface area contributed by atoms with E-state index in [0.717, 1.165) is 25.7 Å². The van der Waals surface area contributed by atoms with Crippen LogP contribution in [0, 0.1) is 5.92 Å². The molecule has 4 amide bonds. The third-order valence-corrected chi connectivity index (χ3v) is 6.58. The minimum atomic E-state index is -0.782. The summed E-state index contributed by atoms with van der Waals surface area (Å²) >= 11 is 0. The number of likely N-dealkylation sites (N-methyl/N-ethyl adjacent to an activating group) is 1. The van der Waals surface area contributed by atoms with Gasteiger partial charge in [0.1, 0.15) is 12.1 Å². The zero-order valence-corrected chi connectivity index (χ0v) is 22.4. The minimum Gasteiger partial charge on any atom is -0.351 e. The van der Waals surface area contributed by atoms with Crippen LogP contribution < -0.4 is 21.7 Å². The summed E-state index contributed by atoms with van der Waals surface area (Å²) in [5.41, 5.74) is 5.58. The van der Waals surface area contributed by atoms with E-state index >= 15 is 0 Å². The molecule has 5 N–H and O–H groups in total. The number of carbonyl (C=O) groups excluding carboxylic acids is 4. The predicted octanol–water partition coefficient (Wildman–Crippen LogP) is 2.23. The Kier molecular flexibility index (Phi) is 15.3. The van der Waals surface area contributed by atoms with Crippen LogP contribution in [-0.4, -0.2) is 66.8 Å². The van der Waals surface area contributed by atoms with Gasteiger partial charge in [-0.3, -0.25) is 19.2 Å². The van der Waals surface area contributed by atoms with Crippen molar-refractivity contribution < 1.29 is 19.2 Å². The maximum atomic E-state index is 13.2. The van der Waals surface area contributed by atoms with Crippen LogP contribution in [-0.2, 0) is 19.2 Å². The Labute approximate surface area is 211 Å². The van der Waals surface area contributed by atoms with E-state index in [1.165, 1.54) is 30.6 Å². The molecule has 0 bridgehead atoms. The van der Waals surface area contributed by atoms with Crippen molar-refractivity contribution in [3.8, 4) is 0 Å². The van der Waals surface area contributed by atoms with Gasteiger partial charge in [0.15, 0.2) is 0 Å². The van der Waals surface area contributed by atoms with Crippen molar-refractivity contribution in [2.45, 2.75) is 116 Å². The van der Waals surface area contributed by atoms with Crippen LogP contribution in [0.1, 0.15) is 97.8 Å². The second kappa shape index (κ2) is 17.3. The number of hydrogen-bond donors (Lipinski definition) is 4. The number of carbonyl (C=O) groups is 4. The molecule has 0 saturated carbocycles. The molecule has 0 aromatic carbocycles. The van der Waals surface area contributed by atoms with Gasteiger partial charge in [-0.25, -0.2) is 0 Å². The molecule has 9 heteroatoms. The molecule has 202 valence electrons. The molecule has 1 rings (SSSR count). The maximum absolute atomic E-state index is 13.2. The first-order valence-electron chi connectivity index (χ1n) is 13.5. The number of unbranched alkanes of at least 4 members (excludes halogenated alkanes) is 7. The van der Waals surface area contributed by atoms with E-state index in [4.69, 9.17) is 5.73 Å². The predicted molar refractivity (Wildman–Crippen MR) is 138 cm³/mol. The van der Waals surface area contributed by atoms with Crippen molar-refractivity contribution in [2.24, 2.45) is 11.7 Å². The van der Waals surface area contributed by atoms with Crippen molar-refractivity contribution in [1.29, 1.82) is 0 Å². The molecule has 1 heterocycles. The molecule has 0 unspecified atom stereocenters. The summed E-state index contributed by atoms with van der Waals surface area (Å²) in [6.07, 6.45) is 10.6. The van der Waals surface area contributed by atoms with E-state index in [-0.39, 0.29) is 42.6 Å². The SMILES string of the molecule is CCCCCCCCC[C@@H]1CC(=O)N(C)CC(=O)N[C@@H](CCCCN)C(=O)N[C@@H](C(C)C)C(=O)N1. The molecule has 0 radical (unpaired) electrons. The van der Waals surface area contributed by atoms with Gasteiger partial charge < -0.3 is 26.6 Å². The van der Waals surface area contributed by atoms with Crippen LogP contribution in [0.2, 0.25) is 0 Å². The van der Waals surface area contributed by atoms with E-state index in [1.807, 2.05) is 13.8 Å². The lowest BCUT2D eigenvalue weighted by Crippen LogP contribution is -2.56. The number of rotatable bonds is 13. The summed E-state index contributed by atoms with van der Waals surface area (Å²) in [6, 6.07) is -1.87. The van der Waals surface area contributed by atoms with Crippen molar-refractivity contribution in [1.82, 2.24) is 20.9 Å². The van der Waals surface area contributed by atoms with E-state index in [0.29, 0.717) is 25.8 Å². The van der Waals surface area contributed by atoms with Crippen LogP contribution in [0.25, 0.3) is 0 Å². The Bertz CT molecular complexity index is 670. The number of amides is 4. The molecule has 0 aromatic rings. The fourth-order valence-corrected chi connectivity index (χ4v) is 4.32. The Balaban J connectivity index is 2.95. The average Bonchev–Trinajstić information content (AvgIpc) is 2.80. The van der Waals surface area contributed by atoms with Gasteiger partial charge in [-0.15, -0.1) is 0 Å². The van der Waals surface area contributed by atoms with Crippen LogP contribution in [0.4, 0.5) is 0 Å². The zero-order valence-electron chi connectivity index (χ0n) is 22.4. The normalized spacial score (nSPS) is 22.7. The van der Waals surface area contributed by atoms with Crippen LogP contribution in [0.15, 0.2) is 0 Å². The summed E-state index contributed by atoms with van der Waals surface area (Å²) in [6.45, 7) is 6.30. The molecule has 1 saturated heterocycles.